The predicted molar refractivity (Wildman–Crippen MR) is 75.0 cm³/mol. The zero-order valence-electron chi connectivity index (χ0n) is 12.0. The molecule has 19 heavy (non-hydrogen) atoms. The maximum Gasteiger partial charge on any atom is 0.282 e. The molecule has 5 nitrogen and oxygen atoms in total. The average molecular weight is 290 g/mol. The predicted octanol–water partition coefficient (Wildman–Crippen LogP) is 1.34. The summed E-state index contributed by atoms with van der Waals surface area (Å²) in [5.74, 6) is 0. The van der Waals surface area contributed by atoms with Gasteiger partial charge in [-0.1, -0.05) is 13.3 Å². The Bertz CT molecular complexity index is 399. The number of rotatable bonds is 4. The largest absolute Gasteiger partial charge is 0.395 e. The van der Waals surface area contributed by atoms with E-state index in [1.54, 1.807) is 8.61 Å². The third-order valence-corrected chi connectivity index (χ3v) is 6.79. The highest BCUT2D eigenvalue weighted by Crippen LogP contribution is 2.33. The van der Waals surface area contributed by atoms with E-state index in [4.69, 9.17) is 0 Å². The Hall–Kier alpha value is -0.170. The summed E-state index contributed by atoms with van der Waals surface area (Å²) in [6.45, 7) is 4.52. The third-order valence-electron chi connectivity index (χ3n) is 4.53. The number of piperidine rings is 1. The molecular formula is C13H26N2O3S. The van der Waals surface area contributed by atoms with Crippen LogP contribution in [0.3, 0.4) is 0 Å². The highest BCUT2D eigenvalue weighted by Gasteiger charge is 2.43. The van der Waals surface area contributed by atoms with Crippen LogP contribution >= 0.6 is 0 Å². The Kier molecular flexibility index (Phi) is 4.87. The molecule has 0 spiro atoms. The van der Waals surface area contributed by atoms with E-state index < -0.39 is 10.2 Å². The van der Waals surface area contributed by atoms with Gasteiger partial charge in [0.1, 0.15) is 0 Å². The van der Waals surface area contributed by atoms with Crippen LogP contribution in [0.15, 0.2) is 0 Å². The van der Waals surface area contributed by atoms with E-state index in [-0.39, 0.29) is 24.7 Å². The van der Waals surface area contributed by atoms with Gasteiger partial charge >= 0.3 is 0 Å². The van der Waals surface area contributed by atoms with E-state index in [0.717, 1.165) is 38.5 Å². The third kappa shape index (κ3) is 2.82. The van der Waals surface area contributed by atoms with Crippen LogP contribution in [-0.2, 0) is 10.2 Å². The molecule has 0 amide bonds. The van der Waals surface area contributed by atoms with Gasteiger partial charge in [0.25, 0.3) is 10.2 Å². The number of nitrogens with zero attached hydrogens (tertiary/aromatic N) is 2. The SMILES string of the molecule is CCC1CCC(C)N1S(=O)(=O)N1CCCCC1CO. The number of aliphatic hydroxyl groups excluding tert-OH is 1. The van der Waals surface area contributed by atoms with Gasteiger partial charge < -0.3 is 5.11 Å². The lowest BCUT2D eigenvalue weighted by molar-refractivity contribution is 0.144. The topological polar surface area (TPSA) is 60.9 Å². The van der Waals surface area contributed by atoms with Crippen LogP contribution < -0.4 is 0 Å². The first-order valence-electron chi connectivity index (χ1n) is 7.43. The van der Waals surface area contributed by atoms with Gasteiger partial charge in [-0.3, -0.25) is 0 Å². The Morgan fingerprint density at radius 3 is 2.53 bits per heavy atom. The van der Waals surface area contributed by atoms with Crippen molar-refractivity contribution in [3.8, 4) is 0 Å². The molecule has 0 radical (unpaired) electrons. The Morgan fingerprint density at radius 1 is 1.16 bits per heavy atom. The molecule has 0 saturated carbocycles. The molecule has 6 heteroatoms. The second-order valence-electron chi connectivity index (χ2n) is 5.77. The average Bonchev–Trinajstić information content (AvgIpc) is 2.80. The second kappa shape index (κ2) is 6.08. The van der Waals surface area contributed by atoms with E-state index in [2.05, 4.69) is 0 Å². The summed E-state index contributed by atoms with van der Waals surface area (Å²) in [6, 6.07) is -0.0263. The summed E-state index contributed by atoms with van der Waals surface area (Å²) in [5, 5.41) is 9.43. The van der Waals surface area contributed by atoms with Crippen molar-refractivity contribution in [1.82, 2.24) is 8.61 Å². The zero-order chi connectivity index (χ0) is 14.0. The Morgan fingerprint density at radius 2 is 1.89 bits per heavy atom. The van der Waals surface area contributed by atoms with Crippen molar-refractivity contribution in [1.29, 1.82) is 0 Å². The van der Waals surface area contributed by atoms with E-state index in [0.29, 0.717) is 6.54 Å². The molecule has 1 N–H and O–H groups in total. The molecule has 2 heterocycles. The van der Waals surface area contributed by atoms with Crippen LogP contribution in [0, 0.1) is 0 Å². The van der Waals surface area contributed by atoms with Crippen LogP contribution in [0.2, 0.25) is 0 Å². The zero-order valence-corrected chi connectivity index (χ0v) is 12.8. The van der Waals surface area contributed by atoms with Crippen LogP contribution in [0.4, 0.5) is 0 Å². The lowest BCUT2D eigenvalue weighted by Crippen LogP contribution is -2.54. The van der Waals surface area contributed by atoms with Crippen molar-refractivity contribution in [3.05, 3.63) is 0 Å². The Labute approximate surface area is 116 Å². The summed E-state index contributed by atoms with van der Waals surface area (Å²) in [6.07, 6.45) is 5.43. The van der Waals surface area contributed by atoms with Gasteiger partial charge in [0.15, 0.2) is 0 Å². The lowest BCUT2D eigenvalue weighted by atomic mass is 10.1. The number of hydrogen-bond donors (Lipinski definition) is 1. The molecule has 2 fully saturated rings. The van der Waals surface area contributed by atoms with E-state index in [1.165, 1.54) is 0 Å². The quantitative estimate of drug-likeness (QED) is 0.850. The first kappa shape index (κ1) is 15.2. The van der Waals surface area contributed by atoms with Crippen molar-refractivity contribution in [2.45, 2.75) is 70.5 Å². The van der Waals surface area contributed by atoms with E-state index >= 15 is 0 Å². The smallest absolute Gasteiger partial charge is 0.282 e. The molecule has 0 aromatic rings. The molecule has 2 aliphatic rings. The first-order chi connectivity index (χ1) is 9.02. The maximum atomic E-state index is 12.9. The minimum Gasteiger partial charge on any atom is -0.395 e. The van der Waals surface area contributed by atoms with Gasteiger partial charge in [-0.15, -0.1) is 0 Å². The summed E-state index contributed by atoms with van der Waals surface area (Å²) in [7, 11) is -3.43. The fourth-order valence-electron chi connectivity index (χ4n) is 3.43. The monoisotopic (exact) mass is 290 g/mol. The maximum absolute atomic E-state index is 12.9. The second-order valence-corrected chi connectivity index (χ2v) is 7.56. The molecular weight excluding hydrogens is 264 g/mol. The fraction of sp³-hybridized carbons (Fsp3) is 1.00. The molecule has 0 aliphatic carbocycles. The first-order valence-corrected chi connectivity index (χ1v) is 8.83. The van der Waals surface area contributed by atoms with E-state index in [9.17, 15) is 13.5 Å². The van der Waals surface area contributed by atoms with Crippen molar-refractivity contribution < 1.29 is 13.5 Å². The molecule has 2 saturated heterocycles. The van der Waals surface area contributed by atoms with Crippen LogP contribution in [0.1, 0.15) is 52.4 Å². The summed E-state index contributed by atoms with van der Waals surface area (Å²) < 4.78 is 29.0. The van der Waals surface area contributed by atoms with Gasteiger partial charge in [0, 0.05) is 24.7 Å². The highest BCUT2D eigenvalue weighted by atomic mass is 32.2. The molecule has 2 aliphatic heterocycles. The lowest BCUT2D eigenvalue weighted by Gasteiger charge is -2.39. The van der Waals surface area contributed by atoms with Crippen LogP contribution in [0.5, 0.6) is 0 Å². The summed E-state index contributed by atoms with van der Waals surface area (Å²) in [5.41, 5.74) is 0. The van der Waals surface area contributed by atoms with Crippen molar-refractivity contribution in [2.24, 2.45) is 0 Å². The molecule has 0 aromatic heterocycles. The standard InChI is InChI=1S/C13H26N2O3S/c1-3-12-8-7-11(2)15(12)19(17,18)14-9-5-4-6-13(14)10-16/h11-13,16H,3-10H2,1-2H3. The number of aliphatic hydroxyl groups is 1. The molecule has 2 rings (SSSR count). The molecule has 112 valence electrons. The van der Waals surface area contributed by atoms with Crippen LogP contribution in [0.25, 0.3) is 0 Å². The molecule has 3 atom stereocenters. The summed E-state index contributed by atoms with van der Waals surface area (Å²) in [4.78, 5) is 0. The van der Waals surface area contributed by atoms with Gasteiger partial charge in [-0.05, 0) is 39.0 Å². The van der Waals surface area contributed by atoms with Gasteiger partial charge in [0.2, 0.25) is 0 Å². The Balaban J connectivity index is 2.24. The van der Waals surface area contributed by atoms with E-state index in [1.807, 2.05) is 13.8 Å². The summed E-state index contributed by atoms with van der Waals surface area (Å²) >= 11 is 0. The minimum atomic E-state index is -3.43. The normalized spacial score (nSPS) is 34.8. The van der Waals surface area contributed by atoms with Crippen molar-refractivity contribution >= 4 is 10.2 Å². The minimum absolute atomic E-state index is 0.0712. The highest BCUT2D eigenvalue weighted by molar-refractivity contribution is 7.86. The molecule has 0 aromatic carbocycles. The fourth-order valence-corrected chi connectivity index (χ4v) is 5.77. The van der Waals surface area contributed by atoms with Crippen LogP contribution in [-0.4, -0.2) is 53.4 Å². The molecule has 3 unspecified atom stereocenters. The van der Waals surface area contributed by atoms with Gasteiger partial charge in [-0.2, -0.15) is 17.0 Å². The van der Waals surface area contributed by atoms with Gasteiger partial charge in [0.05, 0.1) is 6.61 Å². The van der Waals surface area contributed by atoms with Crippen molar-refractivity contribution in [3.63, 3.8) is 0 Å². The van der Waals surface area contributed by atoms with Crippen molar-refractivity contribution in [2.75, 3.05) is 13.2 Å². The molecule has 0 bridgehead atoms. The number of hydrogen-bond acceptors (Lipinski definition) is 3. The van der Waals surface area contributed by atoms with Gasteiger partial charge in [-0.25, -0.2) is 0 Å².